The Bertz CT molecular complexity index is 898. The second-order valence-corrected chi connectivity index (χ2v) is 7.30. The minimum atomic E-state index is -0.597. The molecule has 0 aliphatic carbocycles. The Morgan fingerprint density at radius 1 is 0.929 bits per heavy atom. The molecule has 0 saturated carbocycles. The van der Waals surface area contributed by atoms with Gasteiger partial charge in [0.1, 0.15) is 0 Å². The first-order valence-corrected chi connectivity index (χ1v) is 9.38. The van der Waals surface area contributed by atoms with Crippen LogP contribution in [0.1, 0.15) is 45.5 Å². The highest BCUT2D eigenvalue weighted by atomic mass is 35.5. The van der Waals surface area contributed by atoms with E-state index < -0.39 is 18.5 Å². The van der Waals surface area contributed by atoms with Crippen LogP contribution in [0.25, 0.3) is 0 Å². The number of ether oxygens (including phenoxy) is 1. The lowest BCUT2D eigenvalue weighted by atomic mass is 9.99. The van der Waals surface area contributed by atoms with Gasteiger partial charge in [0.15, 0.2) is 12.4 Å². The van der Waals surface area contributed by atoms with Gasteiger partial charge in [-0.25, -0.2) is 0 Å². The van der Waals surface area contributed by atoms with Gasteiger partial charge in [-0.15, -0.1) is 0 Å². The van der Waals surface area contributed by atoms with E-state index in [9.17, 15) is 14.4 Å². The lowest BCUT2D eigenvalue weighted by Crippen LogP contribution is -2.22. The normalized spacial score (nSPS) is 10.5. The lowest BCUT2D eigenvalue weighted by molar-refractivity contribution is -0.147. The van der Waals surface area contributed by atoms with Crippen LogP contribution in [0.15, 0.2) is 30.3 Å². The number of Topliss-reactive ketones (excluding diaryl/α,β-unsaturated/α-hetero) is 1. The van der Waals surface area contributed by atoms with Crippen LogP contribution in [0.3, 0.4) is 0 Å². The standard InChI is InChI=1S/C22H24ClNO4/c1-13-5-6-15(3)17(10-13)19(25)7-8-21(27)28-12-20(26)24-22-16(4)9-14(2)11-18(22)23/h5-6,9-11H,7-8,12H2,1-4H3,(H,24,26). The SMILES string of the molecule is Cc1cc(C)c(NC(=O)COC(=O)CCC(=O)c2cc(C)ccc2C)c(Cl)c1. The van der Waals surface area contributed by atoms with Crippen LogP contribution in [0.2, 0.25) is 5.02 Å². The number of carbonyl (C=O) groups is 3. The Labute approximate surface area is 170 Å². The number of halogens is 1. The minimum Gasteiger partial charge on any atom is -0.456 e. The van der Waals surface area contributed by atoms with Gasteiger partial charge in [-0.2, -0.15) is 0 Å². The van der Waals surface area contributed by atoms with Crippen molar-refractivity contribution >= 4 is 34.9 Å². The Hall–Kier alpha value is -2.66. The van der Waals surface area contributed by atoms with Crippen molar-refractivity contribution in [3.8, 4) is 0 Å². The summed E-state index contributed by atoms with van der Waals surface area (Å²) >= 11 is 6.15. The van der Waals surface area contributed by atoms with Crippen molar-refractivity contribution in [3.63, 3.8) is 0 Å². The van der Waals surface area contributed by atoms with E-state index in [2.05, 4.69) is 5.32 Å². The number of anilines is 1. The van der Waals surface area contributed by atoms with E-state index in [1.165, 1.54) is 0 Å². The molecule has 0 radical (unpaired) electrons. The van der Waals surface area contributed by atoms with E-state index in [-0.39, 0.29) is 18.6 Å². The first-order chi connectivity index (χ1) is 13.2. The summed E-state index contributed by atoms with van der Waals surface area (Å²) in [5, 5.41) is 3.08. The Morgan fingerprint density at radius 3 is 2.32 bits per heavy atom. The molecule has 2 aromatic carbocycles. The van der Waals surface area contributed by atoms with Crippen molar-refractivity contribution in [2.75, 3.05) is 11.9 Å². The van der Waals surface area contributed by atoms with Gasteiger partial charge in [0, 0.05) is 12.0 Å². The maximum absolute atomic E-state index is 12.3. The highest BCUT2D eigenvalue weighted by molar-refractivity contribution is 6.34. The second kappa shape index (κ2) is 9.51. The first-order valence-electron chi connectivity index (χ1n) is 9.00. The average molecular weight is 402 g/mol. The number of ketones is 1. The highest BCUT2D eigenvalue weighted by Crippen LogP contribution is 2.27. The van der Waals surface area contributed by atoms with Crippen LogP contribution < -0.4 is 5.32 Å². The van der Waals surface area contributed by atoms with Crippen molar-refractivity contribution in [3.05, 3.63) is 63.2 Å². The topological polar surface area (TPSA) is 72.5 Å². The number of rotatable bonds is 7. The Balaban J connectivity index is 1.83. The monoisotopic (exact) mass is 401 g/mol. The molecule has 0 aliphatic heterocycles. The zero-order chi connectivity index (χ0) is 20.8. The predicted octanol–water partition coefficient (Wildman–Crippen LogP) is 4.72. The molecule has 0 saturated heterocycles. The number of hydrogen-bond donors (Lipinski definition) is 1. The third kappa shape index (κ3) is 5.92. The van der Waals surface area contributed by atoms with Gasteiger partial charge >= 0.3 is 5.97 Å². The molecule has 1 amide bonds. The van der Waals surface area contributed by atoms with Crippen molar-refractivity contribution in [2.24, 2.45) is 0 Å². The van der Waals surface area contributed by atoms with Crippen LogP contribution in [-0.2, 0) is 14.3 Å². The quantitative estimate of drug-likeness (QED) is 0.538. The molecule has 0 aromatic heterocycles. The largest absolute Gasteiger partial charge is 0.456 e. The van der Waals surface area contributed by atoms with Crippen molar-refractivity contribution < 1.29 is 19.1 Å². The Morgan fingerprint density at radius 2 is 1.64 bits per heavy atom. The zero-order valence-corrected chi connectivity index (χ0v) is 17.3. The summed E-state index contributed by atoms with van der Waals surface area (Å²) in [6, 6.07) is 9.26. The number of carbonyl (C=O) groups excluding carboxylic acids is 3. The van der Waals surface area contributed by atoms with Gasteiger partial charge in [-0.1, -0.05) is 35.4 Å². The number of benzene rings is 2. The van der Waals surface area contributed by atoms with Crippen LogP contribution in [-0.4, -0.2) is 24.3 Å². The fourth-order valence-electron chi connectivity index (χ4n) is 2.85. The number of amides is 1. The number of hydrogen-bond acceptors (Lipinski definition) is 4. The second-order valence-electron chi connectivity index (χ2n) is 6.89. The molecule has 6 heteroatoms. The molecule has 148 valence electrons. The molecule has 0 spiro atoms. The molecule has 0 atom stereocenters. The van der Waals surface area contributed by atoms with E-state index in [1.54, 1.807) is 6.07 Å². The highest BCUT2D eigenvalue weighted by Gasteiger charge is 2.15. The fourth-order valence-corrected chi connectivity index (χ4v) is 3.22. The molecule has 0 heterocycles. The minimum absolute atomic E-state index is 0.0354. The van der Waals surface area contributed by atoms with Gasteiger partial charge in [-0.3, -0.25) is 14.4 Å². The molecule has 0 aliphatic rings. The van der Waals surface area contributed by atoms with Gasteiger partial charge < -0.3 is 10.1 Å². The van der Waals surface area contributed by atoms with Crippen LogP contribution in [0, 0.1) is 27.7 Å². The maximum atomic E-state index is 12.3. The van der Waals surface area contributed by atoms with Gasteiger partial charge in [-0.05, 0) is 56.5 Å². The summed E-state index contributed by atoms with van der Waals surface area (Å²) in [6.45, 7) is 7.07. The summed E-state index contributed by atoms with van der Waals surface area (Å²) in [5.41, 5.74) is 4.77. The molecular weight excluding hydrogens is 378 g/mol. The third-order valence-corrected chi connectivity index (χ3v) is 4.61. The summed E-state index contributed by atoms with van der Waals surface area (Å²) in [7, 11) is 0. The van der Waals surface area contributed by atoms with Gasteiger partial charge in [0.25, 0.3) is 5.91 Å². The van der Waals surface area contributed by atoms with Gasteiger partial charge in [0.05, 0.1) is 17.1 Å². The molecule has 1 N–H and O–H groups in total. The summed E-state index contributed by atoms with van der Waals surface area (Å²) in [4.78, 5) is 36.2. The first kappa shape index (κ1) is 21.6. The Kier molecular flexibility index (Phi) is 7.35. The number of aryl methyl sites for hydroxylation is 4. The molecule has 0 unspecified atom stereocenters. The van der Waals surface area contributed by atoms with Crippen LogP contribution in [0.4, 0.5) is 5.69 Å². The fraction of sp³-hybridized carbons (Fsp3) is 0.318. The van der Waals surface area contributed by atoms with Crippen LogP contribution >= 0.6 is 11.6 Å². The maximum Gasteiger partial charge on any atom is 0.306 e. The molecule has 28 heavy (non-hydrogen) atoms. The lowest BCUT2D eigenvalue weighted by Gasteiger charge is -2.12. The number of esters is 1. The van der Waals surface area contributed by atoms with E-state index in [0.717, 1.165) is 22.3 Å². The van der Waals surface area contributed by atoms with E-state index in [4.69, 9.17) is 16.3 Å². The summed E-state index contributed by atoms with van der Waals surface area (Å²) in [6.07, 6.45) is -0.0442. The van der Waals surface area contributed by atoms with Crippen molar-refractivity contribution in [1.82, 2.24) is 0 Å². The van der Waals surface area contributed by atoms with Crippen molar-refractivity contribution in [1.29, 1.82) is 0 Å². The molecule has 0 fully saturated rings. The predicted molar refractivity (Wildman–Crippen MR) is 110 cm³/mol. The van der Waals surface area contributed by atoms with Crippen LogP contribution in [0.5, 0.6) is 0 Å². The average Bonchev–Trinajstić information content (AvgIpc) is 2.62. The van der Waals surface area contributed by atoms with Gasteiger partial charge in [0.2, 0.25) is 0 Å². The van der Waals surface area contributed by atoms with Crippen molar-refractivity contribution in [2.45, 2.75) is 40.5 Å². The van der Waals surface area contributed by atoms with E-state index >= 15 is 0 Å². The smallest absolute Gasteiger partial charge is 0.306 e. The van der Waals surface area contributed by atoms with E-state index in [0.29, 0.717) is 16.3 Å². The molecule has 2 aromatic rings. The molecule has 5 nitrogen and oxygen atoms in total. The zero-order valence-electron chi connectivity index (χ0n) is 16.5. The van der Waals surface area contributed by atoms with E-state index in [1.807, 2.05) is 52.0 Å². The molecule has 0 bridgehead atoms. The molecular formula is C22H24ClNO4. The number of nitrogens with one attached hydrogen (secondary N) is 1. The third-order valence-electron chi connectivity index (χ3n) is 4.31. The summed E-state index contributed by atoms with van der Waals surface area (Å²) in [5.74, 6) is -1.20. The molecule has 2 rings (SSSR count). The summed E-state index contributed by atoms with van der Waals surface area (Å²) < 4.78 is 4.97.